The van der Waals surface area contributed by atoms with Gasteiger partial charge in [0.1, 0.15) is 12.6 Å². The van der Waals surface area contributed by atoms with Crippen molar-refractivity contribution in [2.75, 3.05) is 6.61 Å². The van der Waals surface area contributed by atoms with Crippen LogP contribution in [0.25, 0.3) is 10.9 Å². The summed E-state index contributed by atoms with van der Waals surface area (Å²) in [6.07, 6.45) is 2.01. The Balaban J connectivity index is 1.73. The van der Waals surface area contributed by atoms with Gasteiger partial charge in [0.05, 0.1) is 11.5 Å². The van der Waals surface area contributed by atoms with Crippen molar-refractivity contribution in [3.8, 4) is 0 Å². The Kier molecular flexibility index (Phi) is 6.23. The minimum atomic E-state index is -0.798. The molecule has 1 N–H and O–H groups in total. The Morgan fingerprint density at radius 1 is 1.17 bits per heavy atom. The van der Waals surface area contributed by atoms with E-state index in [4.69, 9.17) is 4.74 Å². The van der Waals surface area contributed by atoms with Crippen LogP contribution in [0.1, 0.15) is 12.5 Å². The van der Waals surface area contributed by atoms with Crippen LogP contribution >= 0.6 is 0 Å². The predicted octanol–water partition coefficient (Wildman–Crippen LogP) is 2.84. The molecule has 0 saturated heterocycles. The molecule has 3 aromatic rings. The second kappa shape index (κ2) is 9.01. The number of aromatic nitrogens is 1. The summed E-state index contributed by atoms with van der Waals surface area (Å²) in [5.74, 6) is -0.840. The second-order valence-electron chi connectivity index (χ2n) is 6.51. The summed E-state index contributed by atoms with van der Waals surface area (Å²) in [4.78, 5) is 35.3. The molecule has 0 aliphatic carbocycles. The Hall–Kier alpha value is -3.68. The first kappa shape index (κ1) is 20.1. The van der Waals surface area contributed by atoms with Crippen molar-refractivity contribution in [3.05, 3.63) is 76.5 Å². The van der Waals surface area contributed by atoms with E-state index in [1.165, 1.54) is 12.1 Å². The summed E-state index contributed by atoms with van der Waals surface area (Å²) < 4.78 is 6.77. The highest BCUT2D eigenvalue weighted by atomic mass is 16.6. The zero-order chi connectivity index (χ0) is 20.8. The number of ether oxygens (including phenoxy) is 1. The van der Waals surface area contributed by atoms with Crippen LogP contribution in [0.5, 0.6) is 0 Å². The molecule has 1 atom stereocenters. The Morgan fingerprint density at radius 3 is 2.62 bits per heavy atom. The van der Waals surface area contributed by atoms with Crippen LogP contribution in [-0.2, 0) is 27.3 Å². The lowest BCUT2D eigenvalue weighted by molar-refractivity contribution is -0.384. The van der Waals surface area contributed by atoms with Crippen molar-refractivity contribution < 1.29 is 19.2 Å². The molecule has 0 aliphatic rings. The lowest BCUT2D eigenvalue weighted by Gasteiger charge is -2.18. The third-order valence-electron chi connectivity index (χ3n) is 4.47. The van der Waals surface area contributed by atoms with Crippen LogP contribution in [0.3, 0.4) is 0 Å². The van der Waals surface area contributed by atoms with Crippen LogP contribution in [0.15, 0.2) is 60.8 Å². The zero-order valence-electron chi connectivity index (χ0n) is 15.9. The molecule has 1 unspecified atom stereocenters. The molecular formula is C21H21N3O5. The van der Waals surface area contributed by atoms with Gasteiger partial charge in [-0.1, -0.05) is 30.3 Å². The van der Waals surface area contributed by atoms with Gasteiger partial charge >= 0.3 is 5.97 Å². The molecule has 0 radical (unpaired) electrons. The zero-order valence-corrected chi connectivity index (χ0v) is 15.9. The molecule has 0 spiro atoms. The highest BCUT2D eigenvalue weighted by Gasteiger charge is 2.23. The molecule has 0 fully saturated rings. The maximum atomic E-state index is 12.6. The third-order valence-corrected chi connectivity index (χ3v) is 4.47. The maximum Gasteiger partial charge on any atom is 0.328 e. The van der Waals surface area contributed by atoms with Crippen molar-refractivity contribution in [1.82, 2.24) is 9.88 Å². The van der Waals surface area contributed by atoms with E-state index >= 15 is 0 Å². The number of amides is 1. The van der Waals surface area contributed by atoms with Gasteiger partial charge in [-0.25, -0.2) is 4.79 Å². The molecule has 0 saturated carbocycles. The lowest BCUT2D eigenvalue weighted by Crippen LogP contribution is -2.44. The first-order valence-electron chi connectivity index (χ1n) is 9.21. The van der Waals surface area contributed by atoms with E-state index in [1.54, 1.807) is 29.8 Å². The van der Waals surface area contributed by atoms with Crippen LogP contribution in [-0.4, -0.2) is 34.0 Å². The quantitative estimate of drug-likeness (QED) is 0.359. The topological polar surface area (TPSA) is 103 Å². The largest absolute Gasteiger partial charge is 0.464 e. The van der Waals surface area contributed by atoms with Crippen molar-refractivity contribution in [1.29, 1.82) is 0 Å². The van der Waals surface area contributed by atoms with E-state index in [2.05, 4.69) is 5.32 Å². The summed E-state index contributed by atoms with van der Waals surface area (Å²) in [6, 6.07) is 14.7. The van der Waals surface area contributed by atoms with E-state index in [1.807, 2.05) is 30.3 Å². The predicted molar refractivity (Wildman–Crippen MR) is 107 cm³/mol. The van der Waals surface area contributed by atoms with Gasteiger partial charge in [0.25, 0.3) is 5.69 Å². The van der Waals surface area contributed by atoms with E-state index in [-0.39, 0.29) is 24.7 Å². The van der Waals surface area contributed by atoms with Crippen LogP contribution in [0, 0.1) is 10.1 Å². The van der Waals surface area contributed by atoms with Gasteiger partial charge in [-0.15, -0.1) is 0 Å². The summed E-state index contributed by atoms with van der Waals surface area (Å²) in [7, 11) is 0. The molecule has 1 aromatic heterocycles. The molecule has 3 rings (SSSR count). The van der Waals surface area contributed by atoms with E-state index in [0.717, 1.165) is 5.56 Å². The summed E-state index contributed by atoms with van der Waals surface area (Å²) >= 11 is 0. The molecule has 1 heterocycles. The van der Waals surface area contributed by atoms with Crippen molar-refractivity contribution in [2.24, 2.45) is 0 Å². The Morgan fingerprint density at radius 2 is 1.93 bits per heavy atom. The van der Waals surface area contributed by atoms with Gasteiger partial charge in [-0.3, -0.25) is 14.9 Å². The molecule has 2 aromatic carbocycles. The van der Waals surface area contributed by atoms with Gasteiger partial charge in [0.2, 0.25) is 5.91 Å². The Labute approximate surface area is 167 Å². The van der Waals surface area contributed by atoms with Gasteiger partial charge < -0.3 is 14.6 Å². The third kappa shape index (κ3) is 4.98. The monoisotopic (exact) mass is 395 g/mol. The number of carbonyl (C=O) groups is 2. The number of nitrogens with zero attached hydrogens (tertiary/aromatic N) is 2. The summed E-state index contributed by atoms with van der Waals surface area (Å²) in [5.41, 5.74) is 1.59. The summed E-state index contributed by atoms with van der Waals surface area (Å²) in [5, 5.41) is 14.3. The van der Waals surface area contributed by atoms with Gasteiger partial charge in [0.15, 0.2) is 0 Å². The number of esters is 1. The summed E-state index contributed by atoms with van der Waals surface area (Å²) in [6.45, 7) is 1.91. The lowest BCUT2D eigenvalue weighted by atomic mass is 10.1. The molecule has 1 amide bonds. The van der Waals surface area contributed by atoms with Crippen molar-refractivity contribution in [2.45, 2.75) is 25.9 Å². The van der Waals surface area contributed by atoms with Gasteiger partial charge in [-0.05, 0) is 24.6 Å². The fourth-order valence-electron chi connectivity index (χ4n) is 3.12. The minimum Gasteiger partial charge on any atom is -0.464 e. The number of fused-ring (bicyclic) bond motifs is 1. The van der Waals surface area contributed by atoms with E-state index in [0.29, 0.717) is 17.3 Å². The number of hydrogen-bond donors (Lipinski definition) is 1. The molecule has 0 bridgehead atoms. The standard InChI is InChI=1S/C21H21N3O5/c1-2-29-21(26)18(12-15-6-4-3-5-7-15)22-20(25)14-23-11-10-16-13-17(24(27)28)8-9-19(16)23/h3-11,13,18H,2,12,14H2,1H3,(H,22,25). The van der Waals surface area contributed by atoms with Crippen LogP contribution < -0.4 is 5.32 Å². The first-order valence-corrected chi connectivity index (χ1v) is 9.21. The molecule has 150 valence electrons. The molecule has 0 aliphatic heterocycles. The fraction of sp³-hybridized carbons (Fsp3) is 0.238. The number of carbonyl (C=O) groups excluding carboxylic acids is 2. The van der Waals surface area contributed by atoms with E-state index < -0.39 is 16.9 Å². The molecule has 8 heteroatoms. The second-order valence-corrected chi connectivity index (χ2v) is 6.51. The van der Waals surface area contributed by atoms with Gasteiger partial charge in [0, 0.05) is 35.7 Å². The number of non-ortho nitro benzene ring substituents is 1. The van der Waals surface area contributed by atoms with Crippen LogP contribution in [0.2, 0.25) is 0 Å². The average Bonchev–Trinajstić information content (AvgIpc) is 3.10. The average molecular weight is 395 g/mol. The first-order chi connectivity index (χ1) is 14.0. The smallest absolute Gasteiger partial charge is 0.328 e. The fourth-order valence-corrected chi connectivity index (χ4v) is 3.12. The number of nitro groups is 1. The highest BCUT2D eigenvalue weighted by molar-refractivity contribution is 5.87. The number of nitro benzene ring substituents is 1. The van der Waals surface area contributed by atoms with Crippen molar-refractivity contribution >= 4 is 28.5 Å². The van der Waals surface area contributed by atoms with Gasteiger partial charge in [-0.2, -0.15) is 0 Å². The molecule has 8 nitrogen and oxygen atoms in total. The van der Waals surface area contributed by atoms with Crippen LogP contribution in [0.4, 0.5) is 5.69 Å². The number of benzene rings is 2. The van der Waals surface area contributed by atoms with E-state index in [9.17, 15) is 19.7 Å². The normalized spacial score (nSPS) is 11.8. The highest BCUT2D eigenvalue weighted by Crippen LogP contribution is 2.21. The molecular weight excluding hydrogens is 374 g/mol. The van der Waals surface area contributed by atoms with Crippen molar-refractivity contribution in [3.63, 3.8) is 0 Å². The number of rotatable bonds is 8. The SMILES string of the molecule is CCOC(=O)C(Cc1ccccc1)NC(=O)Cn1ccc2cc([N+](=O)[O-])ccc21. The number of hydrogen-bond acceptors (Lipinski definition) is 5. The maximum absolute atomic E-state index is 12.6. The number of nitrogens with one attached hydrogen (secondary N) is 1. The Bertz CT molecular complexity index is 1030. The molecule has 29 heavy (non-hydrogen) atoms. The minimum absolute atomic E-state index is 0.00932.